The number of Topliss-reactive ketones (excluding diaryl/α,β-unsaturated/α-hetero) is 1. The van der Waals surface area contributed by atoms with E-state index in [0.29, 0.717) is 11.5 Å². The molecular weight excluding hydrogens is 188 g/mol. The van der Waals surface area contributed by atoms with Crippen LogP contribution in [-0.2, 0) is 0 Å². The van der Waals surface area contributed by atoms with Crippen LogP contribution in [0.3, 0.4) is 0 Å². The van der Waals surface area contributed by atoms with Crippen LogP contribution < -0.4 is 0 Å². The van der Waals surface area contributed by atoms with Crippen LogP contribution in [0.4, 0.5) is 0 Å². The topological polar surface area (TPSA) is 50.4 Å². The van der Waals surface area contributed by atoms with Gasteiger partial charge in [-0.3, -0.25) is 4.79 Å². The molecule has 0 unspecified atom stereocenters. The molecule has 0 bridgehead atoms. The summed E-state index contributed by atoms with van der Waals surface area (Å²) in [5.74, 6) is 1.65. The zero-order valence-corrected chi connectivity index (χ0v) is 8.05. The molecule has 1 rings (SSSR count). The van der Waals surface area contributed by atoms with Gasteiger partial charge in [0.05, 0.1) is 12.0 Å². The van der Waals surface area contributed by atoms with Gasteiger partial charge in [0.15, 0.2) is 5.76 Å². The van der Waals surface area contributed by atoms with E-state index >= 15 is 0 Å². The van der Waals surface area contributed by atoms with E-state index in [1.165, 1.54) is 18.0 Å². The molecule has 0 aliphatic rings. The number of aliphatic hydroxyl groups excluding tert-OH is 1. The van der Waals surface area contributed by atoms with Gasteiger partial charge in [-0.25, -0.2) is 0 Å². The summed E-state index contributed by atoms with van der Waals surface area (Å²) in [7, 11) is 0. The Morgan fingerprint density at radius 1 is 1.62 bits per heavy atom. The van der Waals surface area contributed by atoms with Gasteiger partial charge in [-0.15, -0.1) is 0 Å². The molecule has 72 valence electrons. The van der Waals surface area contributed by atoms with Crippen molar-refractivity contribution < 1.29 is 14.3 Å². The van der Waals surface area contributed by atoms with Crippen molar-refractivity contribution in [1.82, 2.24) is 0 Å². The van der Waals surface area contributed by atoms with Gasteiger partial charge in [-0.2, -0.15) is 11.8 Å². The SMILES string of the molecule is O=C(CSCCCO)c1ccco1. The van der Waals surface area contributed by atoms with Crippen LogP contribution in [0.2, 0.25) is 0 Å². The van der Waals surface area contributed by atoms with Gasteiger partial charge in [-0.05, 0) is 24.3 Å². The highest BCUT2D eigenvalue weighted by Gasteiger charge is 2.07. The maximum Gasteiger partial charge on any atom is 0.207 e. The minimum absolute atomic E-state index is 0.00735. The molecule has 0 fully saturated rings. The maximum absolute atomic E-state index is 11.3. The van der Waals surface area contributed by atoms with Gasteiger partial charge in [0.1, 0.15) is 0 Å². The van der Waals surface area contributed by atoms with E-state index in [1.54, 1.807) is 12.1 Å². The number of carbonyl (C=O) groups excluding carboxylic acids is 1. The van der Waals surface area contributed by atoms with Crippen LogP contribution >= 0.6 is 11.8 Å². The number of carbonyl (C=O) groups is 1. The smallest absolute Gasteiger partial charge is 0.207 e. The lowest BCUT2D eigenvalue weighted by atomic mass is 10.3. The number of hydrogen-bond acceptors (Lipinski definition) is 4. The molecule has 13 heavy (non-hydrogen) atoms. The summed E-state index contributed by atoms with van der Waals surface area (Å²) in [5, 5.41) is 8.50. The first-order valence-corrected chi connectivity index (χ1v) is 5.25. The van der Waals surface area contributed by atoms with Crippen molar-refractivity contribution in [3.05, 3.63) is 24.2 Å². The first-order valence-electron chi connectivity index (χ1n) is 4.10. The summed E-state index contributed by atoms with van der Waals surface area (Å²) in [6.45, 7) is 0.182. The van der Waals surface area contributed by atoms with E-state index in [9.17, 15) is 4.79 Å². The molecule has 0 atom stereocenters. The second-order valence-electron chi connectivity index (χ2n) is 2.53. The van der Waals surface area contributed by atoms with Crippen molar-refractivity contribution in [1.29, 1.82) is 0 Å². The minimum Gasteiger partial charge on any atom is -0.461 e. The van der Waals surface area contributed by atoms with Gasteiger partial charge >= 0.3 is 0 Å². The summed E-state index contributed by atoms with van der Waals surface area (Å²) in [6.07, 6.45) is 2.22. The lowest BCUT2D eigenvalue weighted by molar-refractivity contribution is 0.0992. The number of thioether (sulfide) groups is 1. The van der Waals surface area contributed by atoms with Gasteiger partial charge in [0, 0.05) is 6.61 Å². The van der Waals surface area contributed by atoms with Crippen molar-refractivity contribution in [3.63, 3.8) is 0 Å². The van der Waals surface area contributed by atoms with E-state index in [1.807, 2.05) is 0 Å². The Labute approximate surface area is 81.1 Å². The minimum atomic E-state index is 0.00735. The number of aliphatic hydroxyl groups is 1. The summed E-state index contributed by atoms with van der Waals surface area (Å²) >= 11 is 1.51. The highest BCUT2D eigenvalue weighted by Crippen LogP contribution is 2.08. The predicted molar refractivity (Wildman–Crippen MR) is 52.1 cm³/mol. The predicted octanol–water partition coefficient (Wildman–Crippen LogP) is 1.58. The Hall–Kier alpha value is -0.740. The third-order valence-electron chi connectivity index (χ3n) is 1.48. The molecule has 1 aromatic rings. The molecule has 0 aromatic carbocycles. The van der Waals surface area contributed by atoms with Crippen LogP contribution in [0.1, 0.15) is 17.0 Å². The van der Waals surface area contributed by atoms with Crippen molar-refractivity contribution in [3.8, 4) is 0 Å². The summed E-state index contributed by atoms with van der Waals surface area (Å²) in [4.78, 5) is 11.3. The van der Waals surface area contributed by atoms with Crippen molar-refractivity contribution >= 4 is 17.5 Å². The second-order valence-corrected chi connectivity index (χ2v) is 3.64. The molecule has 1 heterocycles. The molecule has 0 spiro atoms. The Morgan fingerprint density at radius 2 is 2.46 bits per heavy atom. The first kappa shape index (κ1) is 10.3. The molecule has 1 aromatic heterocycles. The van der Waals surface area contributed by atoms with Crippen molar-refractivity contribution in [2.45, 2.75) is 6.42 Å². The highest BCUT2D eigenvalue weighted by molar-refractivity contribution is 7.99. The molecule has 0 saturated heterocycles. The molecule has 0 amide bonds. The Bertz CT molecular complexity index is 243. The van der Waals surface area contributed by atoms with Gasteiger partial charge in [0.2, 0.25) is 5.78 Å². The molecule has 0 saturated carbocycles. The molecule has 0 radical (unpaired) electrons. The summed E-state index contributed by atoms with van der Waals surface area (Å²) in [6, 6.07) is 3.36. The van der Waals surface area contributed by atoms with Crippen molar-refractivity contribution in [2.75, 3.05) is 18.1 Å². The lowest BCUT2D eigenvalue weighted by Crippen LogP contribution is -2.01. The first-order chi connectivity index (χ1) is 6.34. The number of hydrogen-bond donors (Lipinski definition) is 1. The zero-order valence-electron chi connectivity index (χ0n) is 7.23. The normalized spacial score (nSPS) is 10.2. The highest BCUT2D eigenvalue weighted by atomic mass is 32.2. The van der Waals surface area contributed by atoms with Crippen LogP contribution in [0, 0.1) is 0 Å². The van der Waals surface area contributed by atoms with E-state index in [-0.39, 0.29) is 12.4 Å². The summed E-state index contributed by atoms with van der Waals surface area (Å²) in [5.41, 5.74) is 0. The quantitative estimate of drug-likeness (QED) is 0.559. The molecular formula is C9H12O3S. The fourth-order valence-corrected chi connectivity index (χ4v) is 1.65. The third-order valence-corrected chi connectivity index (χ3v) is 2.52. The Balaban J connectivity index is 2.19. The van der Waals surface area contributed by atoms with Crippen LogP contribution in [0.5, 0.6) is 0 Å². The molecule has 0 aliphatic carbocycles. The van der Waals surface area contributed by atoms with E-state index in [2.05, 4.69) is 0 Å². The maximum atomic E-state index is 11.3. The van der Waals surface area contributed by atoms with Crippen LogP contribution in [0.25, 0.3) is 0 Å². The fourth-order valence-electron chi connectivity index (χ4n) is 0.840. The fraction of sp³-hybridized carbons (Fsp3) is 0.444. The van der Waals surface area contributed by atoms with Crippen molar-refractivity contribution in [2.24, 2.45) is 0 Å². The van der Waals surface area contributed by atoms with Gasteiger partial charge < -0.3 is 9.52 Å². The number of rotatable bonds is 6. The second kappa shape index (κ2) is 5.83. The third kappa shape index (κ3) is 3.65. The van der Waals surface area contributed by atoms with E-state index < -0.39 is 0 Å². The van der Waals surface area contributed by atoms with Crippen LogP contribution in [-0.4, -0.2) is 29.0 Å². The van der Waals surface area contributed by atoms with Gasteiger partial charge in [0.25, 0.3) is 0 Å². The Morgan fingerprint density at radius 3 is 3.08 bits per heavy atom. The van der Waals surface area contributed by atoms with E-state index in [0.717, 1.165) is 12.2 Å². The van der Waals surface area contributed by atoms with Gasteiger partial charge in [-0.1, -0.05) is 0 Å². The lowest BCUT2D eigenvalue weighted by Gasteiger charge is -1.96. The standard InChI is InChI=1S/C9H12O3S/c10-4-2-6-13-7-8(11)9-3-1-5-12-9/h1,3,5,10H,2,4,6-7H2. The summed E-state index contributed by atoms with van der Waals surface area (Å²) < 4.78 is 4.94. The zero-order chi connectivity index (χ0) is 9.52. The number of ketones is 1. The largest absolute Gasteiger partial charge is 0.461 e. The number of furan rings is 1. The van der Waals surface area contributed by atoms with E-state index in [4.69, 9.17) is 9.52 Å². The Kier molecular flexibility index (Phi) is 4.64. The molecule has 3 nitrogen and oxygen atoms in total. The average Bonchev–Trinajstić information content (AvgIpc) is 2.65. The molecule has 4 heteroatoms. The molecule has 0 aliphatic heterocycles. The average molecular weight is 200 g/mol. The molecule has 1 N–H and O–H groups in total. The monoisotopic (exact) mass is 200 g/mol. The van der Waals surface area contributed by atoms with Crippen LogP contribution in [0.15, 0.2) is 22.8 Å².